The summed E-state index contributed by atoms with van der Waals surface area (Å²) in [6.07, 6.45) is -0.830. The molecule has 2 aliphatic rings. The molecule has 0 aliphatic carbocycles. The molecule has 4 N–H and O–H groups in total. The van der Waals surface area contributed by atoms with Gasteiger partial charge in [-0.3, -0.25) is 47.9 Å². The average molecular weight is 1140 g/mol. The lowest BCUT2D eigenvalue weighted by molar-refractivity contribution is -0.169. The molecule has 10 unspecified atom stereocenters. The predicted octanol–water partition coefficient (Wildman–Crippen LogP) is 2.57. The van der Waals surface area contributed by atoms with E-state index in [1.165, 1.54) is 57.0 Å². The van der Waals surface area contributed by atoms with Gasteiger partial charge in [0.25, 0.3) is 5.91 Å². The number of nitrogens with one attached hydrogen (secondary N) is 3. The van der Waals surface area contributed by atoms with E-state index >= 15 is 0 Å². The minimum Gasteiger partial charge on any atom is -0.497 e. The van der Waals surface area contributed by atoms with Crippen LogP contribution >= 0.6 is 0 Å². The second-order valence-electron chi connectivity index (χ2n) is 23.5. The summed E-state index contributed by atoms with van der Waals surface area (Å²) in [6, 6.07) is -3.79. The number of hydrogen-bond donors (Lipinski definition) is 4. The van der Waals surface area contributed by atoms with E-state index < -0.39 is 168 Å². The highest BCUT2D eigenvalue weighted by molar-refractivity contribution is 5.99. The monoisotopic (exact) mass is 1140 g/mol. The average Bonchev–Trinajstić information content (AvgIpc) is 3.49. The van der Waals surface area contributed by atoms with E-state index in [1.807, 2.05) is 0 Å². The summed E-state index contributed by atoms with van der Waals surface area (Å²) in [6.45, 7) is 19.8. The zero-order valence-electron chi connectivity index (χ0n) is 51.1. The number of carboxylic acid groups (broad SMARTS) is 1. The molecule has 10 atom stereocenters. The third-order valence-electron chi connectivity index (χ3n) is 15.7. The van der Waals surface area contributed by atoms with Crippen LogP contribution in [0, 0.1) is 35.5 Å². The van der Waals surface area contributed by atoms with Crippen LogP contribution in [-0.2, 0) is 63.9 Å². The number of cyclic esters (lactones) is 1. The summed E-state index contributed by atoms with van der Waals surface area (Å²) >= 11 is 0. The number of aliphatic carboxylic acids is 1. The maximum atomic E-state index is 14.9. The number of methoxy groups -OCH3 is 1. The Morgan fingerprint density at radius 1 is 0.617 bits per heavy atom. The number of carbonyl (C=O) groups is 11. The van der Waals surface area contributed by atoms with E-state index in [0.717, 1.165) is 14.7 Å². The number of likely N-dealkylation sites (N-methyl/N-ethyl adjacent to an activating group) is 5. The molecule has 1 aromatic carbocycles. The predicted molar refractivity (Wildman–Crippen MR) is 301 cm³/mol. The van der Waals surface area contributed by atoms with Crippen molar-refractivity contribution in [2.45, 2.75) is 176 Å². The van der Waals surface area contributed by atoms with E-state index in [9.17, 15) is 57.8 Å². The first-order valence-corrected chi connectivity index (χ1v) is 28.3. The molecule has 23 heteroatoms. The SMILES string of the molecule is CCC(C)C1C(=O)NCC(=O)N(C)C(C(C)C)C(=O)NC(Cc2ccc(OC)cc2)C(=O)OC(C(C)C)C(=O)N2CCCCC2C(=O)N(C)C(C(C)C)C(=O)NC(C(C)C)C(=O)N(C)C(CC(=O)O)C(=O)N(C)C(C(C)C)C(=O)N1C. The molecular formula is C58H93N9O14. The van der Waals surface area contributed by atoms with Crippen LogP contribution in [0.2, 0.25) is 0 Å². The highest BCUT2D eigenvalue weighted by Gasteiger charge is 2.46. The Hall–Kier alpha value is -6.81. The van der Waals surface area contributed by atoms with Gasteiger partial charge in [-0.1, -0.05) is 102 Å². The molecule has 0 spiro atoms. The third kappa shape index (κ3) is 17.1. The Labute approximate surface area is 478 Å². The van der Waals surface area contributed by atoms with Crippen molar-refractivity contribution in [2.24, 2.45) is 35.5 Å². The van der Waals surface area contributed by atoms with E-state index in [0.29, 0.717) is 30.6 Å². The third-order valence-corrected chi connectivity index (χ3v) is 15.7. The highest BCUT2D eigenvalue weighted by atomic mass is 16.6. The van der Waals surface area contributed by atoms with Crippen molar-refractivity contribution >= 4 is 65.1 Å². The first-order chi connectivity index (χ1) is 37.7. The van der Waals surface area contributed by atoms with Gasteiger partial charge in [-0.25, -0.2) is 4.79 Å². The number of esters is 1. The van der Waals surface area contributed by atoms with Gasteiger partial charge in [-0.15, -0.1) is 0 Å². The van der Waals surface area contributed by atoms with Gasteiger partial charge in [0.15, 0.2) is 6.10 Å². The molecule has 81 heavy (non-hydrogen) atoms. The second-order valence-corrected chi connectivity index (χ2v) is 23.5. The highest BCUT2D eigenvalue weighted by Crippen LogP contribution is 2.27. The van der Waals surface area contributed by atoms with Gasteiger partial charge in [0.2, 0.25) is 47.3 Å². The number of carbonyl (C=O) groups excluding carboxylic acids is 10. The Morgan fingerprint density at radius 2 is 1.15 bits per heavy atom. The zero-order valence-corrected chi connectivity index (χ0v) is 51.1. The van der Waals surface area contributed by atoms with Crippen molar-refractivity contribution in [3.8, 4) is 5.75 Å². The summed E-state index contributed by atoms with van der Waals surface area (Å²) in [5.41, 5.74) is 0.583. The van der Waals surface area contributed by atoms with Crippen LogP contribution in [0.5, 0.6) is 5.75 Å². The van der Waals surface area contributed by atoms with Crippen LogP contribution in [0.15, 0.2) is 24.3 Å². The molecule has 2 saturated heterocycles. The van der Waals surface area contributed by atoms with Crippen LogP contribution in [0.3, 0.4) is 0 Å². The van der Waals surface area contributed by atoms with Crippen LogP contribution in [-0.4, -0.2) is 209 Å². The smallest absolute Gasteiger partial charge is 0.329 e. The maximum Gasteiger partial charge on any atom is 0.329 e. The molecule has 454 valence electrons. The lowest BCUT2D eigenvalue weighted by atomic mass is 9.94. The van der Waals surface area contributed by atoms with E-state index in [-0.39, 0.29) is 19.4 Å². The number of rotatable bonds is 12. The Kier molecular flexibility index (Phi) is 25.6. The van der Waals surface area contributed by atoms with Crippen molar-refractivity contribution in [3.05, 3.63) is 29.8 Å². The number of fused-ring (bicyclic) bond motifs is 1. The van der Waals surface area contributed by atoms with Crippen LogP contribution in [0.1, 0.15) is 121 Å². The fourth-order valence-electron chi connectivity index (χ4n) is 10.8. The van der Waals surface area contributed by atoms with Gasteiger partial charge < -0.3 is 59.9 Å². The molecule has 2 aliphatic heterocycles. The summed E-state index contributed by atoms with van der Waals surface area (Å²) in [5.74, 6) is -12.1. The van der Waals surface area contributed by atoms with Gasteiger partial charge in [0.1, 0.15) is 54.1 Å². The summed E-state index contributed by atoms with van der Waals surface area (Å²) in [5, 5.41) is 18.4. The van der Waals surface area contributed by atoms with Gasteiger partial charge in [-0.2, -0.15) is 0 Å². The van der Waals surface area contributed by atoms with E-state index in [2.05, 4.69) is 16.0 Å². The lowest BCUT2D eigenvalue weighted by Crippen LogP contribution is -2.63. The molecule has 2 fully saturated rings. The van der Waals surface area contributed by atoms with Crippen molar-refractivity contribution in [1.29, 1.82) is 0 Å². The largest absolute Gasteiger partial charge is 0.497 e. The first kappa shape index (κ1) is 68.5. The molecule has 0 saturated carbocycles. The molecule has 0 bridgehead atoms. The Bertz CT molecular complexity index is 2410. The summed E-state index contributed by atoms with van der Waals surface area (Å²) in [4.78, 5) is 165. The zero-order chi connectivity index (χ0) is 61.7. The van der Waals surface area contributed by atoms with Gasteiger partial charge in [0.05, 0.1) is 20.1 Å². The molecule has 1 aromatic rings. The number of nitrogens with zero attached hydrogens (tertiary/aromatic N) is 6. The molecule has 23 nitrogen and oxygen atoms in total. The van der Waals surface area contributed by atoms with Crippen LogP contribution in [0.4, 0.5) is 0 Å². The fraction of sp³-hybridized carbons (Fsp3) is 0.707. The van der Waals surface area contributed by atoms with Crippen LogP contribution < -0.4 is 20.7 Å². The standard InChI is InChI=1S/C58H93N9O14/c1-19-36(12)48-50(71)59-30-42(68)63(14)45(32(4)5)51(72)60-39(28-37-23-25-38(80-18)26-24-37)58(79)81-49(35(10)11)57(78)67-27-21-20-22-40(67)53(74)64(15)46(33(6)7)52(73)61-44(31(2)3)55(76)62(13)41(29-43(69)70)54(75)65(16)47(34(8)9)56(77)66(48)17/h23-26,31-36,39-41,44-49H,19-22,27-30H2,1-18H3,(H,59,71)(H,60,72)(H,61,73)(H,69,70). The second kappa shape index (κ2) is 30.3. The lowest BCUT2D eigenvalue weighted by Gasteiger charge is -2.41. The maximum absolute atomic E-state index is 14.9. The number of amides is 9. The number of ether oxygens (including phenoxy) is 2. The van der Waals surface area contributed by atoms with Crippen molar-refractivity contribution in [2.75, 3.05) is 55.4 Å². The number of benzene rings is 1. The number of hydrogen-bond acceptors (Lipinski definition) is 13. The van der Waals surface area contributed by atoms with Crippen molar-refractivity contribution in [1.82, 2.24) is 45.3 Å². The van der Waals surface area contributed by atoms with E-state index in [4.69, 9.17) is 9.47 Å². The quantitative estimate of drug-likeness (QED) is 0.219. The number of piperidine rings is 1. The molecule has 9 amide bonds. The van der Waals surface area contributed by atoms with Gasteiger partial charge in [0, 0.05) is 48.2 Å². The fourth-order valence-corrected chi connectivity index (χ4v) is 10.8. The Balaban J connectivity index is 2.30. The molecular weight excluding hydrogens is 1050 g/mol. The summed E-state index contributed by atoms with van der Waals surface area (Å²) in [7, 11) is 8.22. The van der Waals surface area contributed by atoms with Gasteiger partial charge in [-0.05, 0) is 72.5 Å². The van der Waals surface area contributed by atoms with Crippen molar-refractivity contribution < 1.29 is 67.3 Å². The first-order valence-electron chi connectivity index (χ1n) is 28.3. The normalized spacial score (nSPS) is 26.3. The number of carboxylic acids is 1. The van der Waals surface area contributed by atoms with E-state index in [1.54, 1.807) is 107 Å². The van der Waals surface area contributed by atoms with Gasteiger partial charge >= 0.3 is 11.9 Å². The Morgan fingerprint density at radius 3 is 1.65 bits per heavy atom. The minimum atomic E-state index is -1.69. The molecule has 2 heterocycles. The molecule has 3 rings (SSSR count). The van der Waals surface area contributed by atoms with Crippen molar-refractivity contribution in [3.63, 3.8) is 0 Å². The minimum absolute atomic E-state index is 0.105. The molecule has 0 aromatic heterocycles. The summed E-state index contributed by atoms with van der Waals surface area (Å²) < 4.78 is 11.4. The molecule has 0 radical (unpaired) electrons. The van der Waals surface area contributed by atoms with Crippen LogP contribution in [0.25, 0.3) is 0 Å². The topological polar surface area (TPSA) is 282 Å².